The molecule has 0 amide bonds. The third kappa shape index (κ3) is 4.38. The molecule has 8 heteroatoms. The molecule has 1 rings (SSSR count). The highest BCUT2D eigenvalue weighted by Crippen LogP contribution is 2.29. The first-order chi connectivity index (χ1) is 9.22. The summed E-state index contributed by atoms with van der Waals surface area (Å²) in [6.45, 7) is 5.30. The van der Waals surface area contributed by atoms with Gasteiger partial charge in [0.15, 0.2) is 18.3 Å². The van der Waals surface area contributed by atoms with Gasteiger partial charge in [-0.1, -0.05) is 0 Å². The third-order valence-corrected chi connectivity index (χ3v) is 3.07. The zero-order chi connectivity index (χ0) is 15.4. The molecule has 0 radical (unpaired) electrons. The summed E-state index contributed by atoms with van der Waals surface area (Å²) < 4.78 is 20.8. The first-order valence-electron chi connectivity index (χ1n) is 6.07. The zero-order valence-corrected chi connectivity index (χ0v) is 12.6. The largest absolute Gasteiger partial charge is 0.456 e. The van der Waals surface area contributed by atoms with Crippen LogP contribution in [0.25, 0.3) is 0 Å². The van der Waals surface area contributed by atoms with Gasteiger partial charge in [-0.05, 0) is 6.92 Å². The number of hydrogen-bond acceptors (Lipinski definition) is 8. The van der Waals surface area contributed by atoms with Gasteiger partial charge in [-0.2, -0.15) is 0 Å². The lowest BCUT2D eigenvalue weighted by Gasteiger charge is -2.42. The molecule has 0 bridgehead atoms. The van der Waals surface area contributed by atoms with Gasteiger partial charge in [0.1, 0.15) is 5.44 Å². The second-order valence-corrected chi connectivity index (χ2v) is 4.96. The molecule has 5 atom stereocenters. The van der Waals surface area contributed by atoms with E-state index in [9.17, 15) is 14.4 Å². The van der Waals surface area contributed by atoms with E-state index in [1.165, 1.54) is 20.8 Å². The number of rotatable bonds is 3. The normalized spacial score (nSPS) is 33.1. The van der Waals surface area contributed by atoms with Gasteiger partial charge in [-0.15, -0.1) is 12.6 Å². The predicted octanol–water partition coefficient (Wildman–Crippen LogP) is 0.456. The van der Waals surface area contributed by atoms with Crippen molar-refractivity contribution >= 4 is 30.5 Å². The lowest BCUT2D eigenvalue weighted by atomic mass is 10.00. The fourth-order valence-electron chi connectivity index (χ4n) is 1.99. The van der Waals surface area contributed by atoms with Crippen LogP contribution in [0.4, 0.5) is 0 Å². The molecular weight excluding hydrogens is 288 g/mol. The first kappa shape index (κ1) is 16.8. The third-order valence-electron chi connectivity index (χ3n) is 2.65. The Bertz CT molecular complexity index is 369. The van der Waals surface area contributed by atoms with Gasteiger partial charge in [0.05, 0.1) is 6.10 Å². The second-order valence-electron chi connectivity index (χ2n) is 4.45. The van der Waals surface area contributed by atoms with E-state index in [0.717, 1.165) is 0 Å². The molecule has 1 saturated heterocycles. The number of esters is 3. The molecule has 1 fully saturated rings. The number of hydrogen-bond donors (Lipinski definition) is 1. The minimum atomic E-state index is -0.966. The fraction of sp³-hybridized carbons (Fsp3) is 0.750. The van der Waals surface area contributed by atoms with Crippen molar-refractivity contribution < 1.29 is 33.3 Å². The van der Waals surface area contributed by atoms with Gasteiger partial charge < -0.3 is 18.9 Å². The minimum Gasteiger partial charge on any atom is -0.456 e. The SMILES string of the molecule is CC(=O)O[C@@H]1[C@@H](OC(C)=O)[C@H](C)O[C@@H](S)[C@@H]1OC(C)=O. The van der Waals surface area contributed by atoms with Gasteiger partial charge in [-0.25, -0.2) is 0 Å². The predicted molar refractivity (Wildman–Crippen MR) is 70.0 cm³/mol. The van der Waals surface area contributed by atoms with E-state index in [2.05, 4.69) is 12.6 Å². The maximum absolute atomic E-state index is 11.2. The summed E-state index contributed by atoms with van der Waals surface area (Å²) in [7, 11) is 0. The Morgan fingerprint density at radius 3 is 1.70 bits per heavy atom. The van der Waals surface area contributed by atoms with Crippen LogP contribution in [0.5, 0.6) is 0 Å². The van der Waals surface area contributed by atoms with E-state index in [1.54, 1.807) is 6.92 Å². The average Bonchev–Trinajstić information content (AvgIpc) is 2.27. The number of thiol groups is 1. The molecule has 1 heterocycles. The number of carbonyl (C=O) groups is 3. The Kier molecular flexibility index (Phi) is 5.82. The van der Waals surface area contributed by atoms with Gasteiger partial charge in [0.2, 0.25) is 0 Å². The van der Waals surface area contributed by atoms with Gasteiger partial charge in [0.25, 0.3) is 0 Å². The van der Waals surface area contributed by atoms with Crippen LogP contribution in [0, 0.1) is 0 Å². The van der Waals surface area contributed by atoms with Gasteiger partial charge in [0, 0.05) is 20.8 Å². The van der Waals surface area contributed by atoms with Crippen LogP contribution in [-0.2, 0) is 33.3 Å². The van der Waals surface area contributed by atoms with Crippen molar-refractivity contribution in [3.63, 3.8) is 0 Å². The molecule has 0 aromatic rings. The standard InChI is InChI=1S/C12H18O7S/c1-5-9(17-6(2)13)10(18-7(3)14)11(12(20)16-5)19-8(4)15/h5,9-12,20H,1-4H3/t5-,9-,10+,11+,12-/m0/s1. The summed E-state index contributed by atoms with van der Waals surface area (Å²) in [5.74, 6) is -1.72. The Balaban J connectivity index is 3.01. The van der Waals surface area contributed by atoms with E-state index in [1.807, 2.05) is 0 Å². The highest BCUT2D eigenvalue weighted by molar-refractivity contribution is 7.80. The second kappa shape index (κ2) is 6.94. The van der Waals surface area contributed by atoms with Crippen LogP contribution in [0.1, 0.15) is 27.7 Å². The maximum Gasteiger partial charge on any atom is 0.303 e. The molecule has 0 N–H and O–H groups in total. The Labute approximate surface area is 122 Å². The maximum atomic E-state index is 11.2. The molecule has 0 spiro atoms. The number of carbonyl (C=O) groups excluding carboxylic acids is 3. The van der Waals surface area contributed by atoms with E-state index in [0.29, 0.717) is 0 Å². The molecule has 0 aromatic carbocycles. The van der Waals surface area contributed by atoms with Crippen LogP contribution in [0.15, 0.2) is 0 Å². The molecule has 1 aliphatic heterocycles. The van der Waals surface area contributed by atoms with Crippen molar-refractivity contribution in [3.8, 4) is 0 Å². The zero-order valence-electron chi connectivity index (χ0n) is 11.7. The quantitative estimate of drug-likeness (QED) is 0.460. The number of ether oxygens (including phenoxy) is 4. The van der Waals surface area contributed by atoms with Crippen molar-refractivity contribution in [1.82, 2.24) is 0 Å². The Morgan fingerprint density at radius 2 is 1.25 bits per heavy atom. The average molecular weight is 306 g/mol. The van der Waals surface area contributed by atoms with Crippen LogP contribution in [-0.4, -0.2) is 47.8 Å². The summed E-state index contributed by atoms with van der Waals surface area (Å²) in [6.07, 6.45) is -3.35. The van der Waals surface area contributed by atoms with Crippen molar-refractivity contribution in [2.75, 3.05) is 0 Å². The monoisotopic (exact) mass is 306 g/mol. The van der Waals surface area contributed by atoms with Crippen LogP contribution in [0.3, 0.4) is 0 Å². The fourth-order valence-corrected chi connectivity index (χ4v) is 2.41. The molecule has 20 heavy (non-hydrogen) atoms. The molecule has 0 aromatic heterocycles. The van der Waals surface area contributed by atoms with Crippen LogP contribution in [0.2, 0.25) is 0 Å². The molecule has 0 aliphatic carbocycles. The summed E-state index contributed by atoms with van der Waals surface area (Å²) in [5, 5.41) is 0. The molecule has 7 nitrogen and oxygen atoms in total. The van der Waals surface area contributed by atoms with Crippen LogP contribution >= 0.6 is 12.6 Å². The van der Waals surface area contributed by atoms with Crippen molar-refractivity contribution in [1.29, 1.82) is 0 Å². The van der Waals surface area contributed by atoms with Gasteiger partial charge in [-0.3, -0.25) is 14.4 Å². The topological polar surface area (TPSA) is 88.1 Å². The smallest absolute Gasteiger partial charge is 0.303 e. The molecule has 1 aliphatic rings. The van der Waals surface area contributed by atoms with Crippen molar-refractivity contribution in [2.24, 2.45) is 0 Å². The molecule has 114 valence electrons. The molecular formula is C12H18O7S. The van der Waals surface area contributed by atoms with E-state index in [-0.39, 0.29) is 0 Å². The molecule has 0 unspecified atom stereocenters. The highest BCUT2D eigenvalue weighted by Gasteiger charge is 2.49. The summed E-state index contributed by atoms with van der Waals surface area (Å²) in [4.78, 5) is 33.5. The van der Waals surface area contributed by atoms with Gasteiger partial charge >= 0.3 is 17.9 Å². The summed E-state index contributed by atoms with van der Waals surface area (Å²) in [6, 6.07) is 0. The summed E-state index contributed by atoms with van der Waals surface area (Å²) >= 11 is 4.17. The Hall–Kier alpha value is -1.28. The molecule has 0 saturated carbocycles. The van der Waals surface area contributed by atoms with Crippen molar-refractivity contribution in [2.45, 2.75) is 57.5 Å². The van der Waals surface area contributed by atoms with Crippen molar-refractivity contribution in [3.05, 3.63) is 0 Å². The van der Waals surface area contributed by atoms with E-state index < -0.39 is 47.8 Å². The van der Waals surface area contributed by atoms with E-state index in [4.69, 9.17) is 18.9 Å². The summed E-state index contributed by atoms with van der Waals surface area (Å²) in [5.41, 5.74) is -0.787. The minimum absolute atomic E-state index is 0.554. The lowest BCUT2D eigenvalue weighted by Crippen LogP contribution is -2.59. The highest BCUT2D eigenvalue weighted by atomic mass is 32.1. The first-order valence-corrected chi connectivity index (χ1v) is 6.59. The Morgan fingerprint density at radius 1 is 0.850 bits per heavy atom. The van der Waals surface area contributed by atoms with Crippen LogP contribution < -0.4 is 0 Å². The lowest BCUT2D eigenvalue weighted by molar-refractivity contribution is -0.228. The van der Waals surface area contributed by atoms with E-state index >= 15 is 0 Å².